The van der Waals surface area contributed by atoms with Gasteiger partial charge >= 0.3 is 0 Å². The third-order valence-corrected chi connectivity index (χ3v) is 4.38. The van der Waals surface area contributed by atoms with Gasteiger partial charge in [0.25, 0.3) is 0 Å². The molecular weight excluding hydrogens is 288 g/mol. The Balaban J connectivity index is 1.69. The van der Waals surface area contributed by atoms with Crippen molar-refractivity contribution in [2.24, 2.45) is 0 Å². The molecule has 1 aromatic carbocycles. The molecule has 0 radical (unpaired) electrons. The van der Waals surface area contributed by atoms with Gasteiger partial charge in [0.05, 0.1) is 23.5 Å². The first-order valence-electron chi connectivity index (χ1n) is 8.22. The first-order valence-corrected chi connectivity index (χ1v) is 8.22. The summed E-state index contributed by atoms with van der Waals surface area (Å²) in [7, 11) is 0. The number of aromatic nitrogens is 2. The minimum Gasteiger partial charge on any atom is -0.348 e. The van der Waals surface area contributed by atoms with Crippen LogP contribution in [0.2, 0.25) is 0 Å². The van der Waals surface area contributed by atoms with Crippen molar-refractivity contribution < 1.29 is 4.79 Å². The van der Waals surface area contributed by atoms with Crippen LogP contribution in [-0.4, -0.2) is 28.3 Å². The molecule has 1 amide bonds. The van der Waals surface area contributed by atoms with Crippen LogP contribution in [-0.2, 0) is 4.79 Å². The fraction of sp³-hybridized carbons (Fsp3) is 0.444. The van der Waals surface area contributed by atoms with Gasteiger partial charge in [-0.2, -0.15) is 5.10 Å². The van der Waals surface area contributed by atoms with Crippen LogP contribution in [0.25, 0.3) is 5.69 Å². The number of nitrogens with one attached hydrogen (secondary N) is 2. The van der Waals surface area contributed by atoms with Crippen LogP contribution in [0.5, 0.6) is 0 Å². The number of hydrogen-bond donors (Lipinski definition) is 2. The second-order valence-corrected chi connectivity index (χ2v) is 6.31. The lowest BCUT2D eigenvalue weighted by Crippen LogP contribution is -2.41. The Bertz CT molecular complexity index is 684. The van der Waals surface area contributed by atoms with E-state index in [1.54, 1.807) is 0 Å². The van der Waals surface area contributed by atoms with E-state index in [1.807, 2.05) is 37.6 Å². The summed E-state index contributed by atoms with van der Waals surface area (Å²) in [5.74, 6) is 0.0950. The maximum atomic E-state index is 12.2. The van der Waals surface area contributed by atoms with Crippen molar-refractivity contribution in [3.8, 4) is 5.69 Å². The van der Waals surface area contributed by atoms with Crippen LogP contribution in [0.1, 0.15) is 42.8 Å². The van der Waals surface area contributed by atoms with Gasteiger partial charge in [0.2, 0.25) is 5.91 Å². The van der Waals surface area contributed by atoms with Crippen molar-refractivity contribution >= 4 is 5.91 Å². The molecule has 23 heavy (non-hydrogen) atoms. The molecule has 0 saturated carbocycles. The lowest BCUT2D eigenvalue weighted by molar-refractivity contribution is -0.123. The summed E-state index contributed by atoms with van der Waals surface area (Å²) >= 11 is 0. The van der Waals surface area contributed by atoms with E-state index in [4.69, 9.17) is 0 Å². The Hall–Kier alpha value is -2.14. The largest absolute Gasteiger partial charge is 0.348 e. The van der Waals surface area contributed by atoms with E-state index in [2.05, 4.69) is 33.9 Å². The molecule has 1 saturated heterocycles. The number of carbonyl (C=O) groups is 1. The zero-order chi connectivity index (χ0) is 16.4. The number of hydrogen-bond acceptors (Lipinski definition) is 3. The average molecular weight is 312 g/mol. The van der Waals surface area contributed by atoms with E-state index in [-0.39, 0.29) is 18.0 Å². The first kappa shape index (κ1) is 15.7. The zero-order valence-electron chi connectivity index (χ0n) is 14.0. The molecule has 0 aliphatic carbocycles. The molecule has 0 bridgehead atoms. The van der Waals surface area contributed by atoms with E-state index in [9.17, 15) is 4.79 Å². The summed E-state index contributed by atoms with van der Waals surface area (Å²) in [6, 6.07) is 10.2. The Morgan fingerprint density at radius 3 is 2.65 bits per heavy atom. The highest BCUT2D eigenvalue weighted by atomic mass is 16.2. The van der Waals surface area contributed by atoms with Crippen molar-refractivity contribution in [3.05, 3.63) is 47.3 Å². The maximum Gasteiger partial charge on any atom is 0.237 e. The highest BCUT2D eigenvalue weighted by Crippen LogP contribution is 2.18. The van der Waals surface area contributed by atoms with Crippen molar-refractivity contribution in [2.75, 3.05) is 6.54 Å². The Morgan fingerprint density at radius 1 is 1.35 bits per heavy atom. The van der Waals surface area contributed by atoms with Crippen LogP contribution in [0.15, 0.2) is 30.3 Å². The zero-order valence-corrected chi connectivity index (χ0v) is 14.0. The number of carbonyl (C=O) groups excluding carboxylic acids is 1. The molecule has 1 aliphatic heterocycles. The minimum absolute atomic E-state index is 0.000551. The predicted octanol–water partition coefficient (Wildman–Crippen LogP) is 2.42. The topological polar surface area (TPSA) is 59.0 Å². The Kier molecular flexibility index (Phi) is 4.48. The minimum atomic E-state index is -0.0357. The van der Waals surface area contributed by atoms with Crippen molar-refractivity contribution in [1.29, 1.82) is 0 Å². The predicted molar refractivity (Wildman–Crippen MR) is 90.6 cm³/mol. The van der Waals surface area contributed by atoms with Gasteiger partial charge in [0, 0.05) is 5.69 Å². The number of rotatable bonds is 4. The summed E-state index contributed by atoms with van der Waals surface area (Å²) in [6.07, 6.45) is 2.00. The Labute approximate surface area is 137 Å². The standard InChI is InChI=1S/C18H24N4O/c1-12-11-13(2)22(21-12)16-8-6-15(7-9-16)14(3)20-18(23)17-5-4-10-19-17/h6-9,11,14,17,19H,4-5,10H2,1-3H3,(H,20,23)/t14?,17-/m0/s1. The molecule has 0 spiro atoms. The first-order chi connectivity index (χ1) is 11.0. The summed E-state index contributed by atoms with van der Waals surface area (Å²) < 4.78 is 1.94. The summed E-state index contributed by atoms with van der Waals surface area (Å²) in [6.45, 7) is 6.99. The maximum absolute atomic E-state index is 12.2. The smallest absolute Gasteiger partial charge is 0.237 e. The van der Waals surface area contributed by atoms with Gasteiger partial charge in [-0.25, -0.2) is 4.68 Å². The fourth-order valence-corrected chi connectivity index (χ4v) is 3.10. The average Bonchev–Trinajstić information content (AvgIpc) is 3.17. The third kappa shape index (κ3) is 3.45. The monoisotopic (exact) mass is 312 g/mol. The van der Waals surface area contributed by atoms with Crippen LogP contribution in [0, 0.1) is 13.8 Å². The molecule has 2 N–H and O–H groups in total. The molecule has 1 fully saturated rings. The fourth-order valence-electron chi connectivity index (χ4n) is 3.10. The van der Waals surface area contributed by atoms with Gasteiger partial charge in [-0.3, -0.25) is 4.79 Å². The molecule has 5 heteroatoms. The van der Waals surface area contributed by atoms with Gasteiger partial charge in [-0.05, 0) is 63.9 Å². The van der Waals surface area contributed by atoms with Gasteiger partial charge in [0.1, 0.15) is 0 Å². The SMILES string of the molecule is Cc1cc(C)n(-c2ccc(C(C)NC(=O)[C@@H]3CCCN3)cc2)n1. The van der Waals surface area contributed by atoms with Gasteiger partial charge in [-0.1, -0.05) is 12.1 Å². The molecular formula is C18H24N4O. The van der Waals surface area contributed by atoms with Crippen molar-refractivity contribution in [3.63, 3.8) is 0 Å². The van der Waals surface area contributed by atoms with E-state index in [1.165, 1.54) is 0 Å². The molecule has 1 unspecified atom stereocenters. The number of amides is 1. The van der Waals surface area contributed by atoms with E-state index < -0.39 is 0 Å². The molecule has 1 aromatic heterocycles. The Morgan fingerprint density at radius 2 is 2.09 bits per heavy atom. The summed E-state index contributed by atoms with van der Waals surface area (Å²) in [4.78, 5) is 12.2. The van der Waals surface area contributed by atoms with Crippen molar-refractivity contribution in [1.82, 2.24) is 20.4 Å². The molecule has 2 heterocycles. The van der Waals surface area contributed by atoms with Crippen molar-refractivity contribution in [2.45, 2.75) is 45.7 Å². The number of benzene rings is 1. The van der Waals surface area contributed by atoms with E-state index in [0.717, 1.165) is 42.0 Å². The van der Waals surface area contributed by atoms with Gasteiger partial charge in [0.15, 0.2) is 0 Å². The van der Waals surface area contributed by atoms with Crippen LogP contribution in [0.4, 0.5) is 0 Å². The second kappa shape index (κ2) is 6.54. The lowest BCUT2D eigenvalue weighted by atomic mass is 10.1. The highest BCUT2D eigenvalue weighted by molar-refractivity contribution is 5.82. The third-order valence-electron chi connectivity index (χ3n) is 4.38. The summed E-state index contributed by atoms with van der Waals surface area (Å²) in [5.41, 5.74) is 4.26. The second-order valence-electron chi connectivity index (χ2n) is 6.31. The van der Waals surface area contributed by atoms with Crippen LogP contribution >= 0.6 is 0 Å². The molecule has 5 nitrogen and oxygen atoms in total. The molecule has 3 rings (SSSR count). The quantitative estimate of drug-likeness (QED) is 0.911. The number of nitrogens with zero attached hydrogens (tertiary/aromatic N) is 2. The molecule has 2 atom stereocenters. The highest BCUT2D eigenvalue weighted by Gasteiger charge is 2.23. The van der Waals surface area contributed by atoms with Crippen LogP contribution < -0.4 is 10.6 Å². The van der Waals surface area contributed by atoms with E-state index >= 15 is 0 Å². The molecule has 122 valence electrons. The normalized spacial score (nSPS) is 18.8. The van der Waals surface area contributed by atoms with Gasteiger partial charge in [-0.15, -0.1) is 0 Å². The summed E-state index contributed by atoms with van der Waals surface area (Å²) in [5, 5.41) is 10.8. The molecule has 2 aromatic rings. The molecule has 1 aliphatic rings. The van der Waals surface area contributed by atoms with Crippen LogP contribution in [0.3, 0.4) is 0 Å². The lowest BCUT2D eigenvalue weighted by Gasteiger charge is -2.18. The number of aryl methyl sites for hydroxylation is 2. The van der Waals surface area contributed by atoms with E-state index in [0.29, 0.717) is 0 Å². The van der Waals surface area contributed by atoms with Gasteiger partial charge < -0.3 is 10.6 Å².